The number of halogens is 1. The number of para-hydroxylation sites is 1. The summed E-state index contributed by atoms with van der Waals surface area (Å²) >= 11 is 5.26. The molecule has 122 valence electrons. The largest absolute Gasteiger partial charge is 0.347 e. The highest BCUT2D eigenvalue weighted by Gasteiger charge is 2.14. The number of amides is 1. The minimum Gasteiger partial charge on any atom is -0.347 e. The Bertz CT molecular complexity index is 931. The minimum absolute atomic E-state index is 0.239. The number of nitrogens with zero attached hydrogens (tertiary/aromatic N) is 1. The molecule has 0 aliphatic rings. The molecular weight excluding hydrogens is 325 g/mol. The lowest BCUT2D eigenvalue weighted by Crippen LogP contribution is -2.25. The van der Waals surface area contributed by atoms with Crippen molar-refractivity contribution in [1.82, 2.24) is 14.9 Å². The van der Waals surface area contributed by atoms with E-state index in [-0.39, 0.29) is 18.3 Å². The van der Waals surface area contributed by atoms with Crippen molar-refractivity contribution in [3.05, 3.63) is 82.1 Å². The van der Waals surface area contributed by atoms with Crippen LogP contribution >= 0.6 is 12.2 Å². The Hall–Kier alpha value is -2.73. The van der Waals surface area contributed by atoms with E-state index in [1.54, 1.807) is 29.8 Å². The van der Waals surface area contributed by atoms with Gasteiger partial charge in [-0.3, -0.25) is 9.36 Å². The van der Waals surface area contributed by atoms with Crippen molar-refractivity contribution >= 4 is 18.1 Å². The lowest BCUT2D eigenvalue weighted by atomic mass is 10.1. The van der Waals surface area contributed by atoms with Gasteiger partial charge in [-0.05, 0) is 48.5 Å². The Labute approximate surface area is 144 Å². The Morgan fingerprint density at radius 2 is 2.00 bits per heavy atom. The van der Waals surface area contributed by atoms with Gasteiger partial charge in [-0.2, -0.15) is 0 Å². The average molecular weight is 341 g/mol. The molecule has 3 rings (SSSR count). The molecule has 1 heterocycles. The molecule has 0 atom stereocenters. The third-order valence-corrected chi connectivity index (χ3v) is 4.01. The van der Waals surface area contributed by atoms with Crippen LogP contribution in [0.15, 0.2) is 54.7 Å². The van der Waals surface area contributed by atoms with Crippen molar-refractivity contribution in [2.45, 2.75) is 13.5 Å². The molecule has 2 N–H and O–H groups in total. The van der Waals surface area contributed by atoms with Gasteiger partial charge in [-0.25, -0.2) is 4.39 Å². The Kier molecular flexibility index (Phi) is 4.57. The topological polar surface area (TPSA) is 49.8 Å². The molecular formula is C18H16FN3OS. The fourth-order valence-corrected chi connectivity index (χ4v) is 2.65. The number of rotatable bonds is 4. The number of H-pyrrole nitrogens is 1. The van der Waals surface area contributed by atoms with Gasteiger partial charge in [0.05, 0.1) is 0 Å². The van der Waals surface area contributed by atoms with Gasteiger partial charge in [-0.1, -0.05) is 30.3 Å². The van der Waals surface area contributed by atoms with Crippen molar-refractivity contribution in [2.24, 2.45) is 0 Å². The third-order valence-electron chi connectivity index (χ3n) is 3.71. The second-order valence-corrected chi connectivity index (χ2v) is 5.80. The molecule has 6 heteroatoms. The summed E-state index contributed by atoms with van der Waals surface area (Å²) in [5, 5.41) is 2.79. The first-order valence-electron chi connectivity index (χ1n) is 7.45. The summed E-state index contributed by atoms with van der Waals surface area (Å²) in [6.45, 7) is 1.94. The highest BCUT2D eigenvalue weighted by atomic mass is 32.1. The van der Waals surface area contributed by atoms with Gasteiger partial charge in [0, 0.05) is 18.4 Å². The molecule has 0 bridgehead atoms. The van der Waals surface area contributed by atoms with Crippen molar-refractivity contribution in [2.75, 3.05) is 0 Å². The van der Waals surface area contributed by atoms with E-state index in [9.17, 15) is 9.18 Å². The maximum Gasteiger partial charge on any atom is 0.270 e. The van der Waals surface area contributed by atoms with E-state index in [1.165, 1.54) is 6.07 Å². The van der Waals surface area contributed by atoms with Crippen molar-refractivity contribution in [3.63, 3.8) is 0 Å². The smallest absolute Gasteiger partial charge is 0.270 e. The highest BCUT2D eigenvalue weighted by Crippen LogP contribution is 2.13. The number of hydrogen-bond donors (Lipinski definition) is 2. The summed E-state index contributed by atoms with van der Waals surface area (Å²) in [6.07, 6.45) is 1.57. The number of carbonyl (C=O) groups excluding carboxylic acids is 1. The lowest BCUT2D eigenvalue weighted by Gasteiger charge is -2.09. The number of imidazole rings is 1. The number of benzene rings is 2. The summed E-state index contributed by atoms with van der Waals surface area (Å²) in [7, 11) is 0. The van der Waals surface area contributed by atoms with Crippen LogP contribution in [0, 0.1) is 17.5 Å². The zero-order valence-electron chi connectivity index (χ0n) is 13.0. The maximum absolute atomic E-state index is 13.6. The van der Waals surface area contributed by atoms with E-state index in [0.717, 1.165) is 5.69 Å². The minimum atomic E-state index is -0.285. The van der Waals surface area contributed by atoms with E-state index in [0.29, 0.717) is 21.6 Å². The monoisotopic (exact) mass is 341 g/mol. The molecule has 0 unspecified atom stereocenters. The van der Waals surface area contributed by atoms with Crippen LogP contribution in [-0.4, -0.2) is 15.5 Å². The van der Waals surface area contributed by atoms with Crippen LogP contribution in [-0.2, 0) is 6.54 Å². The third kappa shape index (κ3) is 3.28. The fraction of sp³-hybridized carbons (Fsp3) is 0.111. The summed E-state index contributed by atoms with van der Waals surface area (Å²) in [4.78, 5) is 15.4. The second-order valence-electron chi connectivity index (χ2n) is 5.42. The van der Waals surface area contributed by atoms with Crippen molar-refractivity contribution in [3.8, 4) is 5.69 Å². The van der Waals surface area contributed by atoms with Crippen LogP contribution in [0.25, 0.3) is 5.69 Å². The molecule has 4 nitrogen and oxygen atoms in total. The van der Waals surface area contributed by atoms with Crippen LogP contribution in [0.5, 0.6) is 0 Å². The molecule has 0 aliphatic carbocycles. The molecule has 0 spiro atoms. The number of aromatic nitrogens is 2. The Morgan fingerprint density at radius 1 is 1.25 bits per heavy atom. The molecule has 3 aromatic rings. The molecule has 2 aromatic carbocycles. The van der Waals surface area contributed by atoms with Gasteiger partial charge < -0.3 is 10.3 Å². The van der Waals surface area contributed by atoms with Crippen molar-refractivity contribution in [1.29, 1.82) is 0 Å². The predicted molar refractivity (Wildman–Crippen MR) is 93.3 cm³/mol. The van der Waals surface area contributed by atoms with E-state index in [1.807, 2.05) is 30.3 Å². The quantitative estimate of drug-likeness (QED) is 0.707. The molecule has 0 saturated heterocycles. The van der Waals surface area contributed by atoms with Crippen molar-refractivity contribution < 1.29 is 9.18 Å². The summed E-state index contributed by atoms with van der Waals surface area (Å²) in [5.74, 6) is -0.567. The Morgan fingerprint density at radius 3 is 2.71 bits per heavy atom. The molecule has 1 amide bonds. The average Bonchev–Trinajstić information content (AvgIpc) is 2.98. The van der Waals surface area contributed by atoms with Crippen LogP contribution in [0.2, 0.25) is 0 Å². The first-order valence-corrected chi connectivity index (χ1v) is 7.86. The van der Waals surface area contributed by atoms with Gasteiger partial charge in [-0.15, -0.1) is 0 Å². The highest BCUT2D eigenvalue weighted by molar-refractivity contribution is 7.71. The van der Waals surface area contributed by atoms with Gasteiger partial charge >= 0.3 is 0 Å². The fourth-order valence-electron chi connectivity index (χ4n) is 2.39. The molecule has 24 heavy (non-hydrogen) atoms. The summed E-state index contributed by atoms with van der Waals surface area (Å²) in [6, 6.07) is 14.3. The molecule has 0 aliphatic heterocycles. The number of carbonyl (C=O) groups is 1. The number of aromatic amines is 1. The summed E-state index contributed by atoms with van der Waals surface area (Å²) < 4.78 is 15.7. The number of hydrogen-bond acceptors (Lipinski definition) is 2. The van der Waals surface area contributed by atoms with Crippen LogP contribution in [0.3, 0.4) is 0 Å². The van der Waals surface area contributed by atoms with Crippen LogP contribution in [0.4, 0.5) is 4.39 Å². The van der Waals surface area contributed by atoms with Crippen LogP contribution in [0.1, 0.15) is 21.6 Å². The predicted octanol–water partition coefficient (Wildman–Crippen LogP) is 3.91. The van der Waals surface area contributed by atoms with Gasteiger partial charge in [0.1, 0.15) is 11.5 Å². The maximum atomic E-state index is 13.6. The first-order chi connectivity index (χ1) is 11.6. The number of aryl methyl sites for hydroxylation is 1. The molecule has 0 fully saturated rings. The first kappa shape index (κ1) is 16.1. The second kappa shape index (κ2) is 6.80. The van der Waals surface area contributed by atoms with E-state index < -0.39 is 0 Å². The van der Waals surface area contributed by atoms with E-state index in [4.69, 9.17) is 12.2 Å². The lowest BCUT2D eigenvalue weighted by molar-refractivity contribution is 0.0944. The van der Waals surface area contributed by atoms with Crippen LogP contribution < -0.4 is 5.32 Å². The molecule has 0 saturated carbocycles. The number of nitrogens with one attached hydrogen (secondary N) is 2. The van der Waals surface area contributed by atoms with Gasteiger partial charge in [0.2, 0.25) is 0 Å². The molecule has 0 radical (unpaired) electrons. The SMILES string of the molecule is Cc1ccc(CNC(=O)c2c[nH]c(=S)n2-c2ccccc2)cc1F. The standard InChI is InChI=1S/C18H16FN3OS/c1-12-7-8-13(9-15(12)19)10-20-17(23)16-11-21-18(24)22(16)14-5-3-2-4-6-14/h2-9,11H,10H2,1H3,(H,20,23)(H,21,24). The Balaban J connectivity index is 1.81. The zero-order chi connectivity index (χ0) is 17.1. The molecule has 1 aromatic heterocycles. The van der Waals surface area contributed by atoms with Gasteiger partial charge in [0.25, 0.3) is 5.91 Å². The van der Waals surface area contributed by atoms with Gasteiger partial charge in [0.15, 0.2) is 4.77 Å². The van der Waals surface area contributed by atoms with E-state index >= 15 is 0 Å². The van der Waals surface area contributed by atoms with E-state index in [2.05, 4.69) is 10.3 Å². The normalized spacial score (nSPS) is 10.6. The zero-order valence-corrected chi connectivity index (χ0v) is 13.9. The summed E-state index contributed by atoms with van der Waals surface area (Å²) in [5.41, 5.74) is 2.48.